The number of fused-ring (bicyclic) bond motifs is 1. The fourth-order valence-corrected chi connectivity index (χ4v) is 2.32. The molecule has 1 N–H and O–H groups in total. The SMILES string of the molecule is CC1(Cn2c(=S)[nH]c3cc(F)ccc32)CC1. The number of benzene rings is 1. The van der Waals surface area contributed by atoms with E-state index in [0.29, 0.717) is 10.2 Å². The van der Waals surface area contributed by atoms with Gasteiger partial charge in [0.15, 0.2) is 4.77 Å². The van der Waals surface area contributed by atoms with Crippen LogP contribution >= 0.6 is 12.2 Å². The normalized spacial score (nSPS) is 17.9. The number of imidazole rings is 1. The van der Waals surface area contributed by atoms with E-state index >= 15 is 0 Å². The second-order valence-corrected chi connectivity index (χ2v) is 5.38. The average Bonchev–Trinajstić information content (AvgIpc) is 2.86. The number of H-pyrrole nitrogens is 1. The van der Waals surface area contributed by atoms with Crippen molar-refractivity contribution in [3.8, 4) is 0 Å². The molecular weight excluding hydrogens is 223 g/mol. The van der Waals surface area contributed by atoms with Crippen LogP contribution in [0.1, 0.15) is 19.8 Å². The molecule has 1 aliphatic carbocycles. The van der Waals surface area contributed by atoms with Crippen LogP contribution in [0.15, 0.2) is 18.2 Å². The van der Waals surface area contributed by atoms with Crippen LogP contribution in [0.3, 0.4) is 0 Å². The number of hydrogen-bond acceptors (Lipinski definition) is 1. The predicted molar refractivity (Wildman–Crippen MR) is 64.4 cm³/mol. The van der Waals surface area contributed by atoms with E-state index in [1.807, 2.05) is 0 Å². The number of rotatable bonds is 2. The van der Waals surface area contributed by atoms with Crippen LogP contribution in [0, 0.1) is 16.0 Å². The molecule has 84 valence electrons. The van der Waals surface area contributed by atoms with E-state index in [0.717, 1.165) is 17.6 Å². The van der Waals surface area contributed by atoms with Gasteiger partial charge in [-0.1, -0.05) is 6.92 Å². The van der Waals surface area contributed by atoms with Crippen molar-refractivity contribution in [2.75, 3.05) is 0 Å². The van der Waals surface area contributed by atoms with E-state index < -0.39 is 0 Å². The van der Waals surface area contributed by atoms with Crippen molar-refractivity contribution >= 4 is 23.3 Å². The van der Waals surface area contributed by atoms with Crippen molar-refractivity contribution in [2.45, 2.75) is 26.3 Å². The monoisotopic (exact) mass is 236 g/mol. The molecule has 0 spiro atoms. The molecule has 1 aliphatic rings. The molecular formula is C12H13FN2S. The maximum Gasteiger partial charge on any atom is 0.178 e. The summed E-state index contributed by atoms with van der Waals surface area (Å²) in [7, 11) is 0. The van der Waals surface area contributed by atoms with Gasteiger partial charge in [0.25, 0.3) is 0 Å². The molecule has 1 saturated carbocycles. The summed E-state index contributed by atoms with van der Waals surface area (Å²) >= 11 is 5.28. The van der Waals surface area contributed by atoms with Gasteiger partial charge < -0.3 is 9.55 Å². The first kappa shape index (κ1) is 10.0. The van der Waals surface area contributed by atoms with Gasteiger partial charge in [0.2, 0.25) is 0 Å². The highest BCUT2D eigenvalue weighted by Gasteiger charge is 2.37. The maximum absolute atomic E-state index is 13.1. The Balaban J connectivity index is 2.16. The lowest BCUT2D eigenvalue weighted by Crippen LogP contribution is -2.07. The molecule has 0 radical (unpaired) electrons. The van der Waals surface area contributed by atoms with Crippen LogP contribution in [0.5, 0.6) is 0 Å². The van der Waals surface area contributed by atoms with Gasteiger partial charge in [-0.3, -0.25) is 0 Å². The number of hydrogen-bond donors (Lipinski definition) is 1. The lowest BCUT2D eigenvalue weighted by Gasteiger charge is -2.10. The van der Waals surface area contributed by atoms with Gasteiger partial charge in [0, 0.05) is 6.54 Å². The lowest BCUT2D eigenvalue weighted by atomic mass is 10.1. The zero-order valence-electron chi connectivity index (χ0n) is 9.09. The minimum absolute atomic E-state index is 0.228. The van der Waals surface area contributed by atoms with Crippen molar-refractivity contribution in [3.05, 3.63) is 28.8 Å². The molecule has 1 aromatic heterocycles. The molecule has 0 bridgehead atoms. The van der Waals surface area contributed by atoms with Crippen molar-refractivity contribution < 1.29 is 4.39 Å². The van der Waals surface area contributed by atoms with Crippen LogP contribution in [-0.2, 0) is 6.54 Å². The summed E-state index contributed by atoms with van der Waals surface area (Å²) in [6, 6.07) is 4.77. The zero-order valence-corrected chi connectivity index (χ0v) is 9.90. The van der Waals surface area contributed by atoms with E-state index in [2.05, 4.69) is 16.5 Å². The minimum atomic E-state index is -0.228. The molecule has 0 unspecified atom stereocenters. The fraction of sp³-hybridized carbons (Fsp3) is 0.417. The van der Waals surface area contributed by atoms with Crippen LogP contribution in [0.25, 0.3) is 11.0 Å². The molecule has 1 heterocycles. The van der Waals surface area contributed by atoms with Gasteiger partial charge >= 0.3 is 0 Å². The number of halogens is 1. The van der Waals surface area contributed by atoms with Crippen molar-refractivity contribution in [2.24, 2.45) is 5.41 Å². The molecule has 0 aliphatic heterocycles. The summed E-state index contributed by atoms with van der Waals surface area (Å²) < 4.78 is 15.8. The van der Waals surface area contributed by atoms with Gasteiger partial charge in [-0.15, -0.1) is 0 Å². The third-order valence-electron chi connectivity index (χ3n) is 3.38. The van der Waals surface area contributed by atoms with Crippen LogP contribution in [-0.4, -0.2) is 9.55 Å². The Morgan fingerprint density at radius 1 is 1.50 bits per heavy atom. The molecule has 1 fully saturated rings. The summed E-state index contributed by atoms with van der Waals surface area (Å²) in [5.41, 5.74) is 2.18. The summed E-state index contributed by atoms with van der Waals surface area (Å²) in [6.07, 6.45) is 2.51. The molecule has 3 rings (SSSR count). The Morgan fingerprint density at radius 2 is 2.25 bits per heavy atom. The lowest BCUT2D eigenvalue weighted by molar-refractivity contribution is 0.469. The van der Waals surface area contributed by atoms with E-state index in [9.17, 15) is 4.39 Å². The first-order valence-electron chi connectivity index (χ1n) is 5.46. The highest BCUT2D eigenvalue weighted by atomic mass is 32.1. The molecule has 1 aromatic carbocycles. The number of aromatic nitrogens is 2. The van der Waals surface area contributed by atoms with Gasteiger partial charge in [0.05, 0.1) is 11.0 Å². The average molecular weight is 236 g/mol. The van der Waals surface area contributed by atoms with E-state index in [4.69, 9.17) is 12.2 Å². The Bertz CT molecular complexity index is 607. The van der Waals surface area contributed by atoms with Crippen LogP contribution in [0.4, 0.5) is 4.39 Å². The number of nitrogens with one attached hydrogen (secondary N) is 1. The Morgan fingerprint density at radius 3 is 2.94 bits per heavy atom. The fourth-order valence-electron chi connectivity index (χ4n) is 2.05. The van der Waals surface area contributed by atoms with Crippen molar-refractivity contribution in [1.82, 2.24) is 9.55 Å². The topological polar surface area (TPSA) is 20.7 Å². The summed E-state index contributed by atoms with van der Waals surface area (Å²) in [5, 5.41) is 0. The molecule has 0 saturated heterocycles. The quantitative estimate of drug-likeness (QED) is 0.789. The van der Waals surface area contributed by atoms with Crippen LogP contribution < -0.4 is 0 Å². The molecule has 2 nitrogen and oxygen atoms in total. The summed E-state index contributed by atoms with van der Waals surface area (Å²) in [4.78, 5) is 3.06. The second kappa shape index (κ2) is 3.17. The molecule has 0 amide bonds. The highest BCUT2D eigenvalue weighted by molar-refractivity contribution is 7.71. The number of aromatic amines is 1. The van der Waals surface area contributed by atoms with Gasteiger partial charge in [-0.05, 0) is 48.7 Å². The molecule has 2 aromatic rings. The van der Waals surface area contributed by atoms with Gasteiger partial charge in [-0.2, -0.15) is 0 Å². The Labute approximate surface area is 98.1 Å². The third kappa shape index (κ3) is 1.57. The third-order valence-corrected chi connectivity index (χ3v) is 3.70. The highest BCUT2D eigenvalue weighted by Crippen LogP contribution is 2.46. The minimum Gasteiger partial charge on any atom is -0.330 e. The standard InChI is InChI=1S/C12H13FN2S/c1-12(4-5-12)7-15-10-3-2-8(13)6-9(10)14-11(15)16/h2-3,6H,4-5,7H2,1H3,(H,14,16). The summed E-state index contributed by atoms with van der Waals surface area (Å²) in [6.45, 7) is 3.19. The van der Waals surface area contributed by atoms with Crippen molar-refractivity contribution in [1.29, 1.82) is 0 Å². The zero-order chi connectivity index (χ0) is 11.3. The second-order valence-electron chi connectivity index (χ2n) is 4.99. The number of nitrogens with zero attached hydrogens (tertiary/aromatic N) is 1. The van der Waals surface area contributed by atoms with Crippen LogP contribution in [0.2, 0.25) is 0 Å². The Hall–Kier alpha value is -1.16. The van der Waals surface area contributed by atoms with Gasteiger partial charge in [0.1, 0.15) is 5.82 Å². The van der Waals surface area contributed by atoms with E-state index in [1.54, 1.807) is 6.07 Å². The molecule has 4 heteroatoms. The van der Waals surface area contributed by atoms with Gasteiger partial charge in [-0.25, -0.2) is 4.39 Å². The largest absolute Gasteiger partial charge is 0.330 e. The summed E-state index contributed by atoms with van der Waals surface area (Å²) in [5.74, 6) is -0.228. The van der Waals surface area contributed by atoms with Crippen molar-refractivity contribution in [3.63, 3.8) is 0 Å². The Kier molecular flexibility index (Phi) is 1.98. The van der Waals surface area contributed by atoms with E-state index in [-0.39, 0.29) is 5.82 Å². The predicted octanol–water partition coefficient (Wildman–Crippen LogP) is 3.64. The maximum atomic E-state index is 13.1. The smallest absolute Gasteiger partial charge is 0.178 e. The molecule has 16 heavy (non-hydrogen) atoms. The molecule has 0 atom stereocenters. The first-order valence-corrected chi connectivity index (χ1v) is 5.86. The van der Waals surface area contributed by atoms with E-state index in [1.165, 1.54) is 25.0 Å². The first-order chi connectivity index (χ1) is 7.57.